The second kappa shape index (κ2) is 10.7. The molecule has 0 saturated carbocycles. The Kier molecular flexibility index (Phi) is 8.15. The molecule has 1 aliphatic rings. The van der Waals surface area contributed by atoms with Gasteiger partial charge in [-0.25, -0.2) is 0 Å². The number of hydrogen-bond donors (Lipinski definition) is 0. The van der Waals surface area contributed by atoms with Crippen LogP contribution in [0.5, 0.6) is 5.75 Å². The van der Waals surface area contributed by atoms with Gasteiger partial charge in [0.25, 0.3) is 11.8 Å². The van der Waals surface area contributed by atoms with Gasteiger partial charge in [-0.05, 0) is 34.8 Å². The largest absolute Gasteiger partial charge is 0.489 e. The number of hydrogen-bond acceptors (Lipinski definition) is 4. The van der Waals surface area contributed by atoms with Gasteiger partial charge < -0.3 is 9.16 Å². The van der Waals surface area contributed by atoms with Gasteiger partial charge in [0, 0.05) is 11.1 Å². The van der Waals surface area contributed by atoms with Gasteiger partial charge in [0.1, 0.15) is 18.4 Å². The molecule has 0 aliphatic carbocycles. The lowest BCUT2D eigenvalue weighted by Crippen LogP contribution is -2.66. The van der Waals surface area contributed by atoms with Crippen molar-refractivity contribution in [2.75, 3.05) is 6.61 Å². The van der Waals surface area contributed by atoms with Crippen LogP contribution >= 0.6 is 0 Å². The van der Waals surface area contributed by atoms with Gasteiger partial charge in [0.15, 0.2) is 6.10 Å². The summed E-state index contributed by atoms with van der Waals surface area (Å²) < 4.78 is 12.9. The van der Waals surface area contributed by atoms with Crippen molar-refractivity contribution in [1.82, 2.24) is 4.90 Å². The molecule has 0 N–H and O–H groups in total. The van der Waals surface area contributed by atoms with E-state index in [0.29, 0.717) is 34.5 Å². The van der Waals surface area contributed by atoms with Crippen molar-refractivity contribution in [3.05, 3.63) is 78.4 Å². The smallest absolute Gasteiger partial charge is 0.261 e. The molecule has 182 valence electrons. The highest BCUT2D eigenvalue weighted by Gasteiger charge is 2.58. The normalized spacial score (nSPS) is 18.4. The van der Waals surface area contributed by atoms with Crippen molar-refractivity contribution in [2.45, 2.75) is 70.3 Å². The lowest BCUT2D eigenvalue weighted by Gasteiger charge is -2.52. The molecule has 1 aliphatic heterocycles. The Bertz CT molecular complexity index is 996. The van der Waals surface area contributed by atoms with Gasteiger partial charge in [0.2, 0.25) is 8.32 Å². The summed E-state index contributed by atoms with van der Waals surface area (Å²) in [5.74, 6) is 0.0290. The minimum Gasteiger partial charge on any atom is -0.489 e. The van der Waals surface area contributed by atoms with E-state index in [0.717, 1.165) is 5.56 Å². The van der Waals surface area contributed by atoms with E-state index < -0.39 is 20.5 Å². The van der Waals surface area contributed by atoms with E-state index in [9.17, 15) is 9.59 Å². The number of carbonyl (C=O) groups is 2. The zero-order valence-corrected chi connectivity index (χ0v) is 22.2. The average molecular weight is 480 g/mol. The Morgan fingerprint density at radius 1 is 0.971 bits per heavy atom. The van der Waals surface area contributed by atoms with Crippen LogP contribution in [0.25, 0.3) is 0 Å². The van der Waals surface area contributed by atoms with Crippen LogP contribution in [-0.2, 0) is 9.22 Å². The zero-order valence-electron chi connectivity index (χ0n) is 21.2. The van der Waals surface area contributed by atoms with E-state index in [4.69, 9.17) is 9.16 Å². The molecule has 0 spiro atoms. The molecule has 1 saturated heterocycles. The number of imide groups is 1. The molecule has 5 nitrogen and oxygen atoms in total. The SMILES string of the molecule is C=CCOc1ccccc1[C@H]1[C@@H](O[Si](C(C)C)(C(C)C)C(C)C)C(=O)N1C(=O)c1ccccc1. The number of ether oxygens (including phenoxy) is 1. The number of benzene rings is 2. The molecular formula is C28H37NO4Si. The molecule has 2 aromatic carbocycles. The van der Waals surface area contributed by atoms with E-state index >= 15 is 0 Å². The van der Waals surface area contributed by atoms with Crippen LogP contribution < -0.4 is 4.74 Å². The molecule has 0 aromatic heterocycles. The molecule has 0 radical (unpaired) electrons. The number of nitrogens with zero attached hydrogens (tertiary/aromatic N) is 1. The number of carbonyl (C=O) groups excluding carboxylic acids is 2. The number of para-hydroxylation sites is 1. The molecule has 0 bridgehead atoms. The first kappa shape index (κ1) is 25.9. The van der Waals surface area contributed by atoms with E-state index in [1.807, 2.05) is 30.3 Å². The van der Waals surface area contributed by atoms with E-state index in [-0.39, 0.29) is 11.8 Å². The van der Waals surface area contributed by atoms with Gasteiger partial charge in [-0.2, -0.15) is 0 Å². The molecule has 2 aromatic rings. The summed E-state index contributed by atoms with van der Waals surface area (Å²) in [6, 6.07) is 15.9. The fraction of sp³-hybridized carbons (Fsp3) is 0.429. The Hall–Kier alpha value is -2.70. The predicted octanol–water partition coefficient (Wildman–Crippen LogP) is 6.54. The summed E-state index contributed by atoms with van der Waals surface area (Å²) in [5.41, 5.74) is 2.19. The van der Waals surface area contributed by atoms with Crippen LogP contribution in [0.4, 0.5) is 0 Å². The van der Waals surface area contributed by atoms with Gasteiger partial charge >= 0.3 is 0 Å². The number of β-lactam (4-membered cyclic amide) rings is 1. The van der Waals surface area contributed by atoms with E-state index in [2.05, 4.69) is 48.1 Å². The van der Waals surface area contributed by atoms with Crippen molar-refractivity contribution < 1.29 is 18.8 Å². The average Bonchev–Trinajstić information content (AvgIpc) is 2.81. The first-order valence-corrected chi connectivity index (χ1v) is 14.2. The van der Waals surface area contributed by atoms with Crippen molar-refractivity contribution in [2.24, 2.45) is 0 Å². The summed E-state index contributed by atoms with van der Waals surface area (Å²) in [4.78, 5) is 28.4. The van der Waals surface area contributed by atoms with Gasteiger partial charge in [-0.15, -0.1) is 0 Å². The maximum Gasteiger partial charge on any atom is 0.261 e. The maximum absolute atomic E-state index is 13.6. The Morgan fingerprint density at radius 2 is 1.53 bits per heavy atom. The molecule has 34 heavy (non-hydrogen) atoms. The van der Waals surface area contributed by atoms with Crippen LogP contribution in [0, 0.1) is 0 Å². The molecular weight excluding hydrogens is 442 g/mol. The topological polar surface area (TPSA) is 55.8 Å². The second-order valence-electron chi connectivity index (χ2n) is 9.82. The molecule has 2 amide bonds. The third-order valence-electron chi connectivity index (χ3n) is 6.92. The molecule has 6 heteroatoms. The number of amides is 2. The molecule has 1 heterocycles. The third kappa shape index (κ3) is 4.61. The minimum atomic E-state index is -2.38. The summed E-state index contributed by atoms with van der Waals surface area (Å²) in [6.07, 6.45) is 0.956. The van der Waals surface area contributed by atoms with Crippen LogP contribution in [0.1, 0.15) is 63.5 Å². The lowest BCUT2D eigenvalue weighted by atomic mass is 9.89. The van der Waals surface area contributed by atoms with Crippen LogP contribution in [0.2, 0.25) is 16.6 Å². The Labute approximate surface area is 204 Å². The summed E-state index contributed by atoms with van der Waals surface area (Å²) in [5, 5.41) is 0. The highest BCUT2D eigenvalue weighted by atomic mass is 28.4. The van der Waals surface area contributed by atoms with E-state index in [1.54, 1.807) is 30.3 Å². The summed E-state index contributed by atoms with van der Waals surface area (Å²) >= 11 is 0. The zero-order chi connectivity index (χ0) is 25.0. The quantitative estimate of drug-likeness (QED) is 0.168. The highest BCUT2D eigenvalue weighted by molar-refractivity contribution is 6.77. The van der Waals surface area contributed by atoms with Crippen LogP contribution in [0.3, 0.4) is 0 Å². The van der Waals surface area contributed by atoms with E-state index in [1.165, 1.54) is 4.90 Å². The second-order valence-corrected chi connectivity index (χ2v) is 15.2. The predicted molar refractivity (Wildman–Crippen MR) is 138 cm³/mol. The number of rotatable bonds is 10. The van der Waals surface area contributed by atoms with Gasteiger partial charge in [-0.3, -0.25) is 14.5 Å². The van der Waals surface area contributed by atoms with Crippen molar-refractivity contribution in [3.63, 3.8) is 0 Å². The van der Waals surface area contributed by atoms with Gasteiger partial charge in [-0.1, -0.05) is 90.6 Å². The molecule has 0 unspecified atom stereocenters. The minimum absolute atomic E-state index is 0.281. The molecule has 1 fully saturated rings. The standard InChI is InChI=1S/C28H37NO4Si/c1-8-18-32-24-17-13-12-16-23(24)25-26(33-34(19(2)3,20(4)5)21(6)7)28(31)29(25)27(30)22-14-10-9-11-15-22/h8-17,19-21,25-26H,1,18H2,2-7H3/t25-,26+/m0/s1. The van der Waals surface area contributed by atoms with Crippen molar-refractivity contribution in [1.29, 1.82) is 0 Å². The summed E-state index contributed by atoms with van der Waals surface area (Å²) in [7, 11) is -2.38. The first-order valence-electron chi connectivity index (χ1n) is 12.1. The molecule has 3 rings (SSSR count). The fourth-order valence-electron chi connectivity index (χ4n) is 5.46. The Balaban J connectivity index is 2.09. The van der Waals surface area contributed by atoms with Gasteiger partial charge in [0.05, 0.1) is 0 Å². The molecule has 2 atom stereocenters. The third-order valence-corrected chi connectivity index (χ3v) is 13.0. The monoisotopic (exact) mass is 479 g/mol. The van der Waals surface area contributed by atoms with Crippen LogP contribution in [0.15, 0.2) is 67.3 Å². The highest BCUT2D eigenvalue weighted by Crippen LogP contribution is 2.49. The maximum atomic E-state index is 13.6. The summed E-state index contributed by atoms with van der Waals surface area (Å²) in [6.45, 7) is 17.2. The first-order chi connectivity index (χ1) is 16.2. The van der Waals surface area contributed by atoms with Crippen LogP contribution in [-0.4, -0.2) is 37.7 Å². The Morgan fingerprint density at radius 3 is 2.09 bits per heavy atom. The fourth-order valence-corrected chi connectivity index (χ4v) is 10.9. The number of likely N-dealkylation sites (tertiary alicyclic amines) is 1. The lowest BCUT2D eigenvalue weighted by molar-refractivity contribution is -0.159. The van der Waals surface area contributed by atoms with Crippen molar-refractivity contribution in [3.8, 4) is 5.75 Å². The van der Waals surface area contributed by atoms with Crippen molar-refractivity contribution >= 4 is 20.1 Å².